The van der Waals surface area contributed by atoms with Crippen molar-refractivity contribution < 1.29 is 0 Å². The lowest BCUT2D eigenvalue weighted by molar-refractivity contribution is -0.0194. The van der Waals surface area contributed by atoms with E-state index in [1.807, 2.05) is 48.9 Å². The SMILES string of the molecule is Cc1ccc2c(NCCCNC(C)(C)C)c(C)cnc2c1.Cc1cnc2cc(Cl)ccc2c1NCCCNC(C)(C)C.Cc1cnc2cc(Cl)ccc2c1NCCCNC12CC3CC(CC(C3)C1)C2. The molecule has 0 saturated heterocycles. The van der Waals surface area contributed by atoms with Crippen LogP contribution in [-0.2, 0) is 0 Å². The van der Waals surface area contributed by atoms with Crippen molar-refractivity contribution in [3.63, 3.8) is 0 Å². The first kappa shape index (κ1) is 52.6. The highest BCUT2D eigenvalue weighted by Gasteiger charge is 2.50. The minimum Gasteiger partial charge on any atom is -0.384 e. The lowest BCUT2D eigenvalue weighted by atomic mass is 9.53. The third-order valence-electron chi connectivity index (χ3n) is 14.1. The maximum absolute atomic E-state index is 6.12. The topological polar surface area (TPSA) is 111 Å². The van der Waals surface area contributed by atoms with Crippen molar-refractivity contribution in [2.24, 2.45) is 17.8 Å². The van der Waals surface area contributed by atoms with Gasteiger partial charge in [0.15, 0.2) is 0 Å². The van der Waals surface area contributed by atoms with Gasteiger partial charge in [-0.25, -0.2) is 0 Å². The summed E-state index contributed by atoms with van der Waals surface area (Å²) in [6.07, 6.45) is 18.0. The van der Waals surface area contributed by atoms with Crippen LogP contribution in [0.5, 0.6) is 0 Å². The van der Waals surface area contributed by atoms with Crippen molar-refractivity contribution in [2.45, 2.75) is 144 Å². The van der Waals surface area contributed by atoms with Crippen molar-refractivity contribution in [3.8, 4) is 0 Å². The second-order valence-electron chi connectivity index (χ2n) is 22.6. The zero-order chi connectivity index (χ0) is 49.3. The number of aryl methyl sites for hydroxylation is 4. The Hall–Kier alpha value is -4.25. The maximum Gasteiger partial charge on any atom is 0.0737 e. The third kappa shape index (κ3) is 14.9. The summed E-state index contributed by atoms with van der Waals surface area (Å²) in [4.78, 5) is 13.5. The Kier molecular flexibility index (Phi) is 17.8. The van der Waals surface area contributed by atoms with Gasteiger partial charge in [-0.15, -0.1) is 0 Å². The summed E-state index contributed by atoms with van der Waals surface area (Å²) in [5.41, 5.74) is 12.2. The van der Waals surface area contributed by atoms with Crippen LogP contribution in [0.4, 0.5) is 17.1 Å². The number of anilines is 3. The van der Waals surface area contributed by atoms with Gasteiger partial charge < -0.3 is 31.9 Å². The highest BCUT2D eigenvalue weighted by Crippen LogP contribution is 2.55. The fraction of sp³-hybridized carbons (Fsp3) is 0.534. The Balaban J connectivity index is 0.000000155. The summed E-state index contributed by atoms with van der Waals surface area (Å²) in [5, 5.41) is 26.8. The lowest BCUT2D eigenvalue weighted by Gasteiger charge is -2.57. The summed E-state index contributed by atoms with van der Waals surface area (Å²) >= 11 is 12.1. The zero-order valence-electron chi connectivity index (χ0n) is 43.4. The number of pyridine rings is 3. The first-order valence-electron chi connectivity index (χ1n) is 25.8. The average molecular weight is 975 g/mol. The van der Waals surface area contributed by atoms with Gasteiger partial charge >= 0.3 is 0 Å². The van der Waals surface area contributed by atoms with E-state index in [1.54, 1.807) is 0 Å². The third-order valence-corrected chi connectivity index (χ3v) is 14.5. The molecule has 0 spiro atoms. The fourth-order valence-electron chi connectivity index (χ4n) is 11.2. The molecule has 0 radical (unpaired) electrons. The van der Waals surface area contributed by atoms with Gasteiger partial charge in [0.1, 0.15) is 0 Å². The molecule has 4 fully saturated rings. The fourth-order valence-corrected chi connectivity index (χ4v) is 11.5. The van der Waals surface area contributed by atoms with Crippen LogP contribution in [0.2, 0.25) is 10.0 Å². The highest BCUT2D eigenvalue weighted by molar-refractivity contribution is 6.31. The van der Waals surface area contributed by atoms with E-state index in [4.69, 9.17) is 23.2 Å². The van der Waals surface area contributed by atoms with Gasteiger partial charge in [0, 0.05) is 98.1 Å². The molecule has 0 amide bonds. The summed E-state index contributed by atoms with van der Waals surface area (Å²) in [6, 6.07) is 18.3. The highest BCUT2D eigenvalue weighted by atomic mass is 35.5. The Morgan fingerprint density at radius 1 is 0.493 bits per heavy atom. The minimum absolute atomic E-state index is 0.177. The Bertz CT molecular complexity index is 2500. The van der Waals surface area contributed by atoms with E-state index < -0.39 is 0 Å². The number of aromatic nitrogens is 3. The van der Waals surface area contributed by atoms with Gasteiger partial charge in [-0.1, -0.05) is 35.3 Å². The maximum atomic E-state index is 6.12. The van der Waals surface area contributed by atoms with Crippen molar-refractivity contribution in [1.82, 2.24) is 30.9 Å². The Morgan fingerprint density at radius 3 is 1.25 bits per heavy atom. The summed E-state index contributed by atoms with van der Waals surface area (Å²) in [5.74, 6) is 3.04. The van der Waals surface area contributed by atoms with Crippen LogP contribution in [0, 0.1) is 45.4 Å². The van der Waals surface area contributed by atoms with Crippen LogP contribution in [0.25, 0.3) is 32.7 Å². The van der Waals surface area contributed by atoms with Crippen molar-refractivity contribution in [2.75, 3.05) is 55.2 Å². The van der Waals surface area contributed by atoms with Crippen molar-refractivity contribution in [3.05, 3.63) is 105 Å². The van der Waals surface area contributed by atoms with Crippen molar-refractivity contribution >= 4 is 73.0 Å². The first-order chi connectivity index (χ1) is 32.8. The number of rotatable bonds is 16. The van der Waals surface area contributed by atoms with Crippen LogP contribution in [0.3, 0.4) is 0 Å². The molecule has 69 heavy (non-hydrogen) atoms. The predicted molar refractivity (Wildman–Crippen MR) is 298 cm³/mol. The van der Waals surface area contributed by atoms with E-state index in [2.05, 4.69) is 140 Å². The van der Waals surface area contributed by atoms with Crippen LogP contribution < -0.4 is 31.9 Å². The Morgan fingerprint density at radius 2 is 0.855 bits per heavy atom. The number of hydrogen-bond donors (Lipinski definition) is 6. The van der Waals surface area contributed by atoms with Crippen LogP contribution in [0.1, 0.15) is 122 Å². The summed E-state index contributed by atoms with van der Waals surface area (Å²) < 4.78 is 0. The van der Waals surface area contributed by atoms with Gasteiger partial charge in [0.2, 0.25) is 0 Å². The van der Waals surface area contributed by atoms with Gasteiger partial charge in [-0.05, 0) is 229 Å². The van der Waals surface area contributed by atoms with E-state index >= 15 is 0 Å². The second-order valence-corrected chi connectivity index (χ2v) is 23.5. The molecule has 6 aromatic rings. The van der Waals surface area contributed by atoms with Crippen LogP contribution >= 0.6 is 23.2 Å². The number of hydrogen-bond acceptors (Lipinski definition) is 9. The molecule has 4 aliphatic carbocycles. The average Bonchev–Trinajstić information content (AvgIpc) is 3.27. The largest absolute Gasteiger partial charge is 0.384 e. The van der Waals surface area contributed by atoms with Gasteiger partial charge in [-0.3, -0.25) is 15.0 Å². The van der Waals surface area contributed by atoms with Crippen LogP contribution in [0.15, 0.2) is 73.2 Å². The lowest BCUT2D eigenvalue weighted by Crippen LogP contribution is -2.58. The number of nitrogens with zero attached hydrogens (tertiary/aromatic N) is 3. The molecule has 0 aliphatic heterocycles. The molecule has 4 saturated carbocycles. The van der Waals surface area contributed by atoms with Gasteiger partial charge in [0.25, 0.3) is 0 Å². The number of halogens is 2. The molecule has 9 nitrogen and oxygen atoms in total. The molecule has 3 aromatic heterocycles. The smallest absolute Gasteiger partial charge is 0.0737 e. The molecular weight excluding hydrogens is 894 g/mol. The van der Waals surface area contributed by atoms with E-state index in [0.717, 1.165) is 125 Å². The monoisotopic (exact) mass is 974 g/mol. The normalized spacial score (nSPS) is 19.6. The van der Waals surface area contributed by atoms with E-state index in [9.17, 15) is 0 Å². The quantitative estimate of drug-likeness (QED) is 0.0528. The molecule has 3 heterocycles. The second kappa shape index (κ2) is 23.3. The van der Waals surface area contributed by atoms with E-state index in [-0.39, 0.29) is 11.1 Å². The first-order valence-corrected chi connectivity index (χ1v) is 26.5. The summed E-state index contributed by atoms with van der Waals surface area (Å²) in [7, 11) is 0. The predicted octanol–water partition coefficient (Wildman–Crippen LogP) is 14.0. The molecule has 3 aromatic carbocycles. The molecule has 372 valence electrons. The van der Waals surface area contributed by atoms with Crippen LogP contribution in [-0.4, -0.2) is 70.8 Å². The standard InChI is InChI=1S/C23H30ClN3.C18H27N3.C17H24ClN3/c1-15-14-26-21-10-19(24)3-4-20(21)22(15)25-5-2-6-27-23-11-16-7-17(12-23)9-18(8-16)13-23;1-13-7-8-15-16(11-13)20-12-14(2)17(15)19-9-6-10-21-18(3,4)5;1-12-11-20-15-10-13(18)6-7-14(15)16(12)19-8-5-9-21-17(2,3)4/h3-4,10,14,16-18,27H,2,5-9,11-13H2,1H3,(H,25,26);7-8,11-12,21H,6,9-10H2,1-5H3,(H,19,20);6-7,10-11,21H,5,8-9H2,1-4H3,(H,19,20). The van der Waals surface area contributed by atoms with Gasteiger partial charge in [0.05, 0.1) is 16.6 Å². The van der Waals surface area contributed by atoms with E-state index in [1.165, 1.54) is 72.0 Å². The molecular formula is C58H81Cl2N9. The van der Waals surface area contributed by atoms with E-state index in [0.29, 0.717) is 5.54 Å². The number of nitrogens with one attached hydrogen (secondary N) is 6. The number of fused-ring (bicyclic) bond motifs is 3. The molecule has 4 bridgehead atoms. The molecule has 10 rings (SSSR count). The minimum atomic E-state index is 0.177. The molecule has 4 aliphatic rings. The molecule has 11 heteroatoms. The molecule has 0 unspecified atom stereocenters. The zero-order valence-corrected chi connectivity index (χ0v) is 44.9. The number of benzene rings is 3. The molecule has 6 N–H and O–H groups in total. The van der Waals surface area contributed by atoms with Gasteiger partial charge in [-0.2, -0.15) is 0 Å². The summed E-state index contributed by atoms with van der Waals surface area (Å²) in [6.45, 7) is 27.6. The Labute approximate surface area is 423 Å². The molecule has 0 atom stereocenters. The van der Waals surface area contributed by atoms with Crippen molar-refractivity contribution in [1.29, 1.82) is 0 Å².